The van der Waals surface area contributed by atoms with Gasteiger partial charge >= 0.3 is 0 Å². The number of nitrogens with zero attached hydrogens (tertiary/aromatic N) is 2. The average Bonchev–Trinajstić information content (AvgIpc) is 2.85. The van der Waals surface area contributed by atoms with E-state index in [1.807, 2.05) is 0 Å². The molecule has 0 atom stereocenters. The topological polar surface area (TPSA) is 101 Å². The molecule has 0 saturated carbocycles. The van der Waals surface area contributed by atoms with Gasteiger partial charge in [0.25, 0.3) is 0 Å². The summed E-state index contributed by atoms with van der Waals surface area (Å²) in [5, 5.41) is 2.60. The summed E-state index contributed by atoms with van der Waals surface area (Å²) in [4.78, 5) is 10.8. The number of hydrogen-bond acceptors (Lipinski definition) is 6. The standard InChI is InChI=1S/C11H14N4O3S2/c1-8(16)12-6-3-7-13-20(17,18)10-5-2-4-9-11(10)15-19-14-9/h2,4-5,13H,3,6-7H2,1H3,(H,12,16). The van der Waals surface area contributed by atoms with E-state index in [4.69, 9.17) is 0 Å². The second kappa shape index (κ2) is 6.25. The minimum atomic E-state index is -3.62. The predicted octanol–water partition coefficient (Wildman–Crippen LogP) is 0.496. The average molecular weight is 314 g/mol. The van der Waals surface area contributed by atoms with E-state index in [9.17, 15) is 13.2 Å². The molecule has 7 nitrogen and oxygen atoms in total. The Bertz CT molecular complexity index is 711. The molecule has 2 rings (SSSR count). The van der Waals surface area contributed by atoms with E-state index in [0.717, 1.165) is 11.7 Å². The van der Waals surface area contributed by atoms with Crippen LogP contribution in [0, 0.1) is 0 Å². The molecule has 20 heavy (non-hydrogen) atoms. The quantitative estimate of drug-likeness (QED) is 0.756. The van der Waals surface area contributed by atoms with Gasteiger partial charge in [0, 0.05) is 20.0 Å². The third-order valence-corrected chi connectivity index (χ3v) is 4.59. The minimum Gasteiger partial charge on any atom is -0.356 e. The van der Waals surface area contributed by atoms with Gasteiger partial charge < -0.3 is 5.32 Å². The normalized spacial score (nSPS) is 11.7. The van der Waals surface area contributed by atoms with E-state index in [0.29, 0.717) is 24.0 Å². The second-order valence-electron chi connectivity index (χ2n) is 4.12. The molecule has 0 unspecified atom stereocenters. The van der Waals surface area contributed by atoms with Crippen molar-refractivity contribution in [2.75, 3.05) is 13.1 Å². The largest absolute Gasteiger partial charge is 0.356 e. The van der Waals surface area contributed by atoms with Crippen LogP contribution in [0.2, 0.25) is 0 Å². The zero-order valence-corrected chi connectivity index (χ0v) is 12.4. The molecule has 2 N–H and O–H groups in total. The maximum Gasteiger partial charge on any atom is 0.242 e. The molecule has 108 valence electrons. The Hall–Kier alpha value is -1.58. The Kier molecular flexibility index (Phi) is 4.63. The molecule has 0 aliphatic carbocycles. The third-order valence-electron chi connectivity index (χ3n) is 2.56. The molecule has 9 heteroatoms. The molecule has 0 aliphatic heterocycles. The van der Waals surface area contributed by atoms with Crippen molar-refractivity contribution in [1.82, 2.24) is 18.8 Å². The smallest absolute Gasteiger partial charge is 0.242 e. The first-order chi connectivity index (χ1) is 9.50. The lowest BCUT2D eigenvalue weighted by Gasteiger charge is -2.07. The van der Waals surface area contributed by atoms with Crippen LogP contribution in [0.4, 0.5) is 0 Å². The van der Waals surface area contributed by atoms with Gasteiger partial charge in [0.15, 0.2) is 0 Å². The van der Waals surface area contributed by atoms with Gasteiger partial charge in [0.2, 0.25) is 15.9 Å². The first kappa shape index (κ1) is 14.8. The number of hydrogen-bond donors (Lipinski definition) is 2. The number of rotatable bonds is 6. The number of carbonyl (C=O) groups excluding carboxylic acids is 1. The van der Waals surface area contributed by atoms with Crippen LogP contribution in [0.5, 0.6) is 0 Å². The van der Waals surface area contributed by atoms with Crippen LogP contribution >= 0.6 is 11.7 Å². The Labute approximate surface area is 120 Å². The van der Waals surface area contributed by atoms with Crippen LogP contribution in [-0.2, 0) is 14.8 Å². The Balaban J connectivity index is 2.03. The van der Waals surface area contributed by atoms with Crippen LogP contribution in [0.25, 0.3) is 11.0 Å². The van der Waals surface area contributed by atoms with Crippen molar-refractivity contribution in [3.05, 3.63) is 18.2 Å². The summed E-state index contributed by atoms with van der Waals surface area (Å²) in [6.45, 7) is 2.09. The first-order valence-corrected chi connectivity index (χ1v) is 8.17. The van der Waals surface area contributed by atoms with E-state index in [1.54, 1.807) is 12.1 Å². The number of fused-ring (bicyclic) bond motifs is 1. The summed E-state index contributed by atoms with van der Waals surface area (Å²) >= 11 is 0.979. The van der Waals surface area contributed by atoms with Crippen LogP contribution in [0.3, 0.4) is 0 Å². The molecule has 0 aliphatic rings. The van der Waals surface area contributed by atoms with Crippen molar-refractivity contribution in [2.45, 2.75) is 18.2 Å². The summed E-state index contributed by atoms with van der Waals surface area (Å²) in [5.41, 5.74) is 0.947. The van der Waals surface area contributed by atoms with Gasteiger partial charge in [-0.2, -0.15) is 8.75 Å². The fraction of sp³-hybridized carbons (Fsp3) is 0.364. The number of benzene rings is 1. The Morgan fingerprint density at radius 2 is 2.10 bits per heavy atom. The van der Waals surface area contributed by atoms with Crippen molar-refractivity contribution in [2.24, 2.45) is 0 Å². The van der Waals surface area contributed by atoms with Gasteiger partial charge in [0.05, 0.1) is 11.7 Å². The molecule has 1 heterocycles. The highest BCUT2D eigenvalue weighted by Gasteiger charge is 2.18. The zero-order chi connectivity index (χ0) is 14.6. The summed E-state index contributed by atoms with van der Waals surface area (Å²) in [6.07, 6.45) is 0.518. The summed E-state index contributed by atoms with van der Waals surface area (Å²) in [6, 6.07) is 4.85. The van der Waals surface area contributed by atoms with Crippen molar-refractivity contribution in [1.29, 1.82) is 0 Å². The molecule has 1 aromatic carbocycles. The maximum absolute atomic E-state index is 12.2. The van der Waals surface area contributed by atoms with Gasteiger partial charge in [-0.25, -0.2) is 13.1 Å². The highest BCUT2D eigenvalue weighted by molar-refractivity contribution is 7.89. The first-order valence-electron chi connectivity index (χ1n) is 5.96. The highest BCUT2D eigenvalue weighted by Crippen LogP contribution is 2.20. The Morgan fingerprint density at radius 3 is 2.85 bits per heavy atom. The summed E-state index contributed by atoms with van der Waals surface area (Å²) in [7, 11) is -3.62. The SMILES string of the molecule is CC(=O)NCCCNS(=O)(=O)c1cccc2nsnc12. The van der Waals surface area contributed by atoms with Crippen molar-refractivity contribution in [3.63, 3.8) is 0 Å². The van der Waals surface area contributed by atoms with Gasteiger partial charge in [0.1, 0.15) is 15.9 Å². The third kappa shape index (κ3) is 3.50. The van der Waals surface area contributed by atoms with Crippen molar-refractivity contribution >= 4 is 38.7 Å². The van der Waals surface area contributed by atoms with Gasteiger partial charge in [-0.05, 0) is 18.6 Å². The number of aromatic nitrogens is 2. The second-order valence-corrected chi connectivity index (χ2v) is 6.39. The number of sulfonamides is 1. The fourth-order valence-corrected chi connectivity index (χ4v) is 3.47. The summed E-state index contributed by atoms with van der Waals surface area (Å²) in [5.74, 6) is -0.133. The van der Waals surface area contributed by atoms with Crippen molar-refractivity contribution < 1.29 is 13.2 Å². The monoisotopic (exact) mass is 314 g/mol. The van der Waals surface area contributed by atoms with Crippen LogP contribution in [-0.4, -0.2) is 36.2 Å². The van der Waals surface area contributed by atoms with E-state index < -0.39 is 10.0 Å². The zero-order valence-electron chi connectivity index (χ0n) is 10.8. The van der Waals surface area contributed by atoms with Gasteiger partial charge in [-0.1, -0.05) is 6.07 Å². The predicted molar refractivity (Wildman–Crippen MR) is 75.9 cm³/mol. The van der Waals surface area contributed by atoms with Gasteiger partial charge in [-0.3, -0.25) is 4.79 Å². The number of nitrogens with one attached hydrogen (secondary N) is 2. The van der Waals surface area contributed by atoms with E-state index >= 15 is 0 Å². The molecule has 0 saturated heterocycles. The van der Waals surface area contributed by atoms with E-state index in [-0.39, 0.29) is 17.3 Å². The van der Waals surface area contributed by atoms with Crippen molar-refractivity contribution in [3.8, 4) is 0 Å². The molecule has 0 fully saturated rings. The lowest BCUT2D eigenvalue weighted by atomic mass is 10.3. The highest BCUT2D eigenvalue weighted by atomic mass is 32.2. The number of carbonyl (C=O) groups is 1. The maximum atomic E-state index is 12.2. The fourth-order valence-electron chi connectivity index (χ4n) is 1.64. The lowest BCUT2D eigenvalue weighted by molar-refractivity contribution is -0.118. The van der Waals surface area contributed by atoms with Crippen LogP contribution < -0.4 is 10.0 Å². The summed E-state index contributed by atoms with van der Waals surface area (Å²) < 4.78 is 34.9. The molecule has 1 aromatic heterocycles. The van der Waals surface area contributed by atoms with E-state index in [1.165, 1.54) is 13.0 Å². The molecular formula is C11H14N4O3S2. The van der Waals surface area contributed by atoms with E-state index in [2.05, 4.69) is 18.8 Å². The molecule has 1 amide bonds. The lowest BCUT2D eigenvalue weighted by Crippen LogP contribution is -2.29. The molecule has 0 bridgehead atoms. The van der Waals surface area contributed by atoms with Gasteiger partial charge in [-0.15, -0.1) is 0 Å². The molecule has 0 radical (unpaired) electrons. The molecule has 0 spiro atoms. The Morgan fingerprint density at radius 1 is 1.30 bits per heavy atom. The minimum absolute atomic E-state index is 0.128. The molecule has 2 aromatic rings. The molecular weight excluding hydrogens is 300 g/mol. The van der Waals surface area contributed by atoms with Crippen LogP contribution in [0.1, 0.15) is 13.3 Å². The van der Waals surface area contributed by atoms with Crippen LogP contribution in [0.15, 0.2) is 23.1 Å². The number of amides is 1.